The number of nitrogens with one attached hydrogen (secondary N) is 1. The van der Waals surface area contributed by atoms with Crippen LogP contribution in [-0.4, -0.2) is 46.3 Å². The molecule has 1 saturated carbocycles. The molecule has 2 fully saturated rings. The summed E-state index contributed by atoms with van der Waals surface area (Å²) >= 11 is 1.97. The average Bonchev–Trinajstić information content (AvgIpc) is 2.81. The van der Waals surface area contributed by atoms with Gasteiger partial charge in [0.25, 0.3) is 0 Å². The molecule has 0 aromatic rings. The summed E-state index contributed by atoms with van der Waals surface area (Å²) in [6.07, 6.45) is 4.66. The van der Waals surface area contributed by atoms with Crippen molar-refractivity contribution in [2.45, 2.75) is 70.2 Å². The van der Waals surface area contributed by atoms with E-state index >= 15 is 0 Å². The van der Waals surface area contributed by atoms with Gasteiger partial charge in [-0.1, -0.05) is 27.2 Å². The zero-order chi connectivity index (χ0) is 15.4. The Hall–Kier alpha value is -0.710. The summed E-state index contributed by atoms with van der Waals surface area (Å²) in [5.41, 5.74) is 0. The second kappa shape index (κ2) is 7.52. The van der Waals surface area contributed by atoms with Crippen LogP contribution in [0.3, 0.4) is 0 Å². The van der Waals surface area contributed by atoms with Gasteiger partial charge in [0.15, 0.2) is 0 Å². The van der Waals surface area contributed by atoms with Gasteiger partial charge in [0.1, 0.15) is 6.04 Å². The zero-order valence-corrected chi connectivity index (χ0v) is 14.2. The average molecular weight is 312 g/mol. The molecule has 4 nitrogen and oxygen atoms in total. The molecular formula is C16H28N2O2S. The van der Waals surface area contributed by atoms with Crippen LogP contribution >= 0.6 is 11.8 Å². The molecule has 0 spiro atoms. The van der Waals surface area contributed by atoms with Gasteiger partial charge in [-0.15, -0.1) is 0 Å². The summed E-state index contributed by atoms with van der Waals surface area (Å²) in [7, 11) is 0. The molecule has 0 aromatic carbocycles. The van der Waals surface area contributed by atoms with Crippen molar-refractivity contribution in [2.24, 2.45) is 5.92 Å². The standard InChI is InChI=1S/C16H28N2O2S/c1-4-21-14-7-5-6-13(14)18-9-8-15(19)17-12(16(18)20)10-11(2)3/h11-14H,4-10H2,1-3H3,(H,17,19). The van der Waals surface area contributed by atoms with E-state index in [-0.39, 0.29) is 17.9 Å². The molecule has 0 aromatic heterocycles. The van der Waals surface area contributed by atoms with E-state index in [1.807, 2.05) is 16.7 Å². The quantitative estimate of drug-likeness (QED) is 0.848. The van der Waals surface area contributed by atoms with Crippen molar-refractivity contribution in [1.29, 1.82) is 0 Å². The fraction of sp³-hybridized carbons (Fsp3) is 0.875. The van der Waals surface area contributed by atoms with E-state index in [1.165, 1.54) is 12.8 Å². The van der Waals surface area contributed by atoms with Gasteiger partial charge in [-0.25, -0.2) is 0 Å². The van der Waals surface area contributed by atoms with E-state index in [1.54, 1.807) is 0 Å². The Morgan fingerprint density at radius 3 is 2.76 bits per heavy atom. The molecule has 5 heteroatoms. The third kappa shape index (κ3) is 4.15. The van der Waals surface area contributed by atoms with Gasteiger partial charge in [0, 0.05) is 24.3 Å². The minimum Gasteiger partial charge on any atom is -0.344 e. The summed E-state index contributed by atoms with van der Waals surface area (Å²) in [5.74, 6) is 1.66. The highest BCUT2D eigenvalue weighted by Gasteiger charge is 2.39. The van der Waals surface area contributed by atoms with Gasteiger partial charge >= 0.3 is 0 Å². The van der Waals surface area contributed by atoms with Crippen molar-refractivity contribution in [3.05, 3.63) is 0 Å². The van der Waals surface area contributed by atoms with Crippen LogP contribution in [0.4, 0.5) is 0 Å². The summed E-state index contributed by atoms with van der Waals surface area (Å²) < 4.78 is 0. The topological polar surface area (TPSA) is 49.4 Å². The number of thioether (sulfide) groups is 1. The molecular weight excluding hydrogens is 284 g/mol. The lowest BCUT2D eigenvalue weighted by molar-refractivity contribution is -0.135. The summed E-state index contributed by atoms with van der Waals surface area (Å²) in [5, 5.41) is 3.47. The minimum atomic E-state index is -0.326. The molecule has 0 radical (unpaired) electrons. The van der Waals surface area contributed by atoms with Crippen LogP contribution < -0.4 is 5.32 Å². The number of carbonyl (C=O) groups excluding carboxylic acids is 2. The highest BCUT2D eigenvalue weighted by molar-refractivity contribution is 7.99. The number of nitrogens with zero attached hydrogens (tertiary/aromatic N) is 1. The third-order valence-corrected chi connectivity index (χ3v) is 5.71. The molecule has 1 aliphatic heterocycles. The second-order valence-corrected chi connectivity index (χ2v) is 8.04. The molecule has 1 aliphatic carbocycles. The van der Waals surface area contributed by atoms with Crippen molar-refractivity contribution < 1.29 is 9.59 Å². The number of hydrogen-bond donors (Lipinski definition) is 1. The zero-order valence-electron chi connectivity index (χ0n) is 13.4. The molecule has 1 saturated heterocycles. The van der Waals surface area contributed by atoms with Gasteiger partial charge in [-0.05, 0) is 30.9 Å². The van der Waals surface area contributed by atoms with E-state index in [2.05, 4.69) is 26.1 Å². The Kier molecular flexibility index (Phi) is 5.97. The molecule has 2 amide bonds. The number of amides is 2. The van der Waals surface area contributed by atoms with Crippen molar-refractivity contribution in [3.63, 3.8) is 0 Å². The second-order valence-electron chi connectivity index (χ2n) is 6.52. The van der Waals surface area contributed by atoms with Gasteiger partial charge < -0.3 is 10.2 Å². The monoisotopic (exact) mass is 312 g/mol. The van der Waals surface area contributed by atoms with E-state index in [0.29, 0.717) is 30.2 Å². The summed E-state index contributed by atoms with van der Waals surface area (Å²) in [6, 6.07) is -0.00214. The van der Waals surface area contributed by atoms with Crippen LogP contribution in [-0.2, 0) is 9.59 Å². The van der Waals surface area contributed by atoms with Gasteiger partial charge in [-0.2, -0.15) is 11.8 Å². The molecule has 0 bridgehead atoms. The first-order valence-corrected chi connectivity index (χ1v) is 9.29. The van der Waals surface area contributed by atoms with Crippen LogP contribution in [0.5, 0.6) is 0 Å². The first kappa shape index (κ1) is 16.7. The fourth-order valence-electron chi connectivity index (χ4n) is 3.49. The molecule has 1 N–H and O–H groups in total. The first-order valence-electron chi connectivity index (χ1n) is 8.24. The predicted molar refractivity (Wildman–Crippen MR) is 87.3 cm³/mol. The van der Waals surface area contributed by atoms with E-state index in [4.69, 9.17) is 0 Å². The van der Waals surface area contributed by atoms with E-state index < -0.39 is 0 Å². The highest BCUT2D eigenvalue weighted by Crippen LogP contribution is 2.34. The molecule has 120 valence electrons. The maximum absolute atomic E-state index is 12.9. The molecule has 2 rings (SSSR count). The minimum absolute atomic E-state index is 0.0224. The third-order valence-electron chi connectivity index (χ3n) is 4.40. The fourth-order valence-corrected chi connectivity index (χ4v) is 4.76. The largest absolute Gasteiger partial charge is 0.344 e. The Labute approximate surface area is 132 Å². The van der Waals surface area contributed by atoms with Crippen LogP contribution in [0, 0.1) is 5.92 Å². The van der Waals surface area contributed by atoms with Gasteiger partial charge in [0.2, 0.25) is 11.8 Å². The molecule has 1 heterocycles. The predicted octanol–water partition coefficient (Wildman–Crippen LogP) is 2.42. The van der Waals surface area contributed by atoms with Gasteiger partial charge in [-0.3, -0.25) is 9.59 Å². The van der Waals surface area contributed by atoms with Crippen LogP contribution in [0.15, 0.2) is 0 Å². The van der Waals surface area contributed by atoms with Crippen molar-refractivity contribution in [2.75, 3.05) is 12.3 Å². The van der Waals surface area contributed by atoms with Gasteiger partial charge in [0.05, 0.1) is 0 Å². The summed E-state index contributed by atoms with van der Waals surface area (Å²) in [4.78, 5) is 26.8. The van der Waals surface area contributed by atoms with Crippen LogP contribution in [0.25, 0.3) is 0 Å². The Balaban J connectivity index is 2.13. The van der Waals surface area contributed by atoms with Crippen molar-refractivity contribution in [3.8, 4) is 0 Å². The van der Waals surface area contributed by atoms with Crippen molar-refractivity contribution >= 4 is 23.6 Å². The van der Waals surface area contributed by atoms with Crippen LogP contribution in [0.2, 0.25) is 0 Å². The molecule has 3 unspecified atom stereocenters. The lowest BCUT2D eigenvalue weighted by atomic mass is 10.0. The summed E-state index contributed by atoms with van der Waals surface area (Å²) in [6.45, 7) is 6.96. The Morgan fingerprint density at radius 2 is 2.10 bits per heavy atom. The smallest absolute Gasteiger partial charge is 0.245 e. The number of hydrogen-bond acceptors (Lipinski definition) is 3. The Morgan fingerprint density at radius 1 is 1.33 bits per heavy atom. The number of rotatable bonds is 5. The lowest BCUT2D eigenvalue weighted by Gasteiger charge is -2.33. The molecule has 21 heavy (non-hydrogen) atoms. The molecule has 2 aliphatic rings. The van der Waals surface area contributed by atoms with Crippen LogP contribution in [0.1, 0.15) is 52.9 Å². The SMILES string of the molecule is CCSC1CCCC1N1CCC(=O)NC(CC(C)C)C1=O. The highest BCUT2D eigenvalue weighted by atomic mass is 32.2. The molecule has 3 atom stereocenters. The lowest BCUT2D eigenvalue weighted by Crippen LogP contribution is -2.50. The van der Waals surface area contributed by atoms with Crippen molar-refractivity contribution in [1.82, 2.24) is 10.2 Å². The maximum atomic E-state index is 12.9. The number of carbonyl (C=O) groups is 2. The maximum Gasteiger partial charge on any atom is 0.245 e. The van der Waals surface area contributed by atoms with E-state index in [0.717, 1.165) is 18.6 Å². The Bertz CT molecular complexity index is 386. The first-order chi connectivity index (χ1) is 10.0. The van der Waals surface area contributed by atoms with E-state index in [9.17, 15) is 9.59 Å². The normalized spacial score (nSPS) is 30.7.